The van der Waals surface area contributed by atoms with Crippen molar-refractivity contribution >= 4 is 28.5 Å². The molecule has 24 heavy (non-hydrogen) atoms. The third kappa shape index (κ3) is 3.49. The van der Waals surface area contributed by atoms with Crippen LogP contribution in [0.2, 0.25) is 5.02 Å². The van der Waals surface area contributed by atoms with Crippen LogP contribution in [0.5, 0.6) is 0 Å². The zero-order valence-corrected chi connectivity index (χ0v) is 14.5. The Hall–Kier alpha value is -2.18. The molecule has 0 saturated heterocycles. The van der Waals surface area contributed by atoms with Crippen LogP contribution in [0, 0.1) is 6.92 Å². The molecule has 0 amide bonds. The van der Waals surface area contributed by atoms with E-state index >= 15 is 0 Å². The van der Waals surface area contributed by atoms with Crippen LogP contribution in [0.15, 0.2) is 30.7 Å². The minimum Gasteiger partial charge on any atom is -0.382 e. The van der Waals surface area contributed by atoms with Gasteiger partial charge < -0.3 is 10.1 Å². The van der Waals surface area contributed by atoms with Crippen LogP contribution in [0.25, 0.3) is 16.7 Å². The zero-order valence-electron chi connectivity index (χ0n) is 13.8. The third-order valence-corrected chi connectivity index (χ3v) is 3.96. The van der Waals surface area contributed by atoms with Gasteiger partial charge in [-0.15, -0.1) is 0 Å². The smallest absolute Gasteiger partial charge is 0.168 e. The van der Waals surface area contributed by atoms with Crippen molar-refractivity contribution in [2.24, 2.45) is 0 Å². The lowest BCUT2D eigenvalue weighted by molar-refractivity contribution is 0.147. The summed E-state index contributed by atoms with van der Waals surface area (Å²) in [5.74, 6) is 0.780. The van der Waals surface area contributed by atoms with E-state index in [9.17, 15) is 0 Å². The lowest BCUT2D eigenvalue weighted by Gasteiger charge is -2.09. The second kappa shape index (κ2) is 7.59. The number of ether oxygens (including phenoxy) is 1. The lowest BCUT2D eigenvalue weighted by atomic mass is 10.2. The molecule has 0 saturated carbocycles. The maximum atomic E-state index is 6.13. The average Bonchev–Trinajstić information content (AvgIpc) is 3.01. The Morgan fingerprint density at radius 1 is 1.29 bits per heavy atom. The number of fused-ring (bicyclic) bond motifs is 1. The van der Waals surface area contributed by atoms with Crippen molar-refractivity contribution in [2.45, 2.75) is 20.3 Å². The molecule has 0 aliphatic rings. The highest BCUT2D eigenvalue weighted by molar-refractivity contribution is 6.30. The number of aryl methyl sites for hydroxylation is 1. The van der Waals surface area contributed by atoms with Crippen molar-refractivity contribution in [1.82, 2.24) is 19.7 Å². The largest absolute Gasteiger partial charge is 0.382 e. The number of nitrogens with one attached hydrogen (secondary N) is 1. The molecule has 2 heterocycles. The first-order chi connectivity index (χ1) is 11.7. The van der Waals surface area contributed by atoms with Crippen LogP contribution in [-0.4, -0.2) is 39.5 Å². The summed E-state index contributed by atoms with van der Waals surface area (Å²) in [7, 11) is 0. The first-order valence-corrected chi connectivity index (χ1v) is 8.35. The number of benzene rings is 1. The van der Waals surface area contributed by atoms with Gasteiger partial charge in [0.15, 0.2) is 5.65 Å². The standard InChI is InChI=1S/C17H20ClN5O/c1-3-24-8-4-7-19-16-14-10-22-23(17(14)21-11-20-16)15-9-13(18)6-5-12(15)2/h5-6,9-11H,3-4,7-8H2,1-2H3,(H,19,20,21). The van der Waals surface area contributed by atoms with Crippen molar-refractivity contribution < 1.29 is 4.74 Å². The quantitative estimate of drug-likeness (QED) is 0.662. The molecule has 0 aliphatic carbocycles. The van der Waals surface area contributed by atoms with Crippen molar-refractivity contribution in [3.8, 4) is 5.69 Å². The summed E-state index contributed by atoms with van der Waals surface area (Å²) in [5, 5.41) is 9.36. The molecular weight excluding hydrogens is 326 g/mol. The second-order valence-corrected chi connectivity index (χ2v) is 5.86. The highest BCUT2D eigenvalue weighted by Crippen LogP contribution is 2.25. The number of hydrogen-bond acceptors (Lipinski definition) is 5. The van der Waals surface area contributed by atoms with Gasteiger partial charge in [-0.2, -0.15) is 5.10 Å². The molecule has 0 atom stereocenters. The van der Waals surface area contributed by atoms with Crippen LogP contribution in [0.4, 0.5) is 5.82 Å². The van der Waals surface area contributed by atoms with Gasteiger partial charge in [-0.25, -0.2) is 14.6 Å². The van der Waals surface area contributed by atoms with Gasteiger partial charge in [0.2, 0.25) is 0 Å². The van der Waals surface area contributed by atoms with Crippen LogP contribution in [0.3, 0.4) is 0 Å². The molecule has 0 spiro atoms. The summed E-state index contributed by atoms with van der Waals surface area (Å²) >= 11 is 6.13. The molecule has 0 radical (unpaired) electrons. The molecule has 2 aromatic heterocycles. The molecule has 0 aliphatic heterocycles. The Kier molecular flexibility index (Phi) is 5.27. The van der Waals surface area contributed by atoms with E-state index in [1.54, 1.807) is 17.2 Å². The summed E-state index contributed by atoms with van der Waals surface area (Å²) in [6, 6.07) is 5.73. The minimum atomic E-state index is 0.669. The predicted molar refractivity (Wildman–Crippen MR) is 96.0 cm³/mol. The molecule has 126 valence electrons. The normalized spacial score (nSPS) is 11.1. The van der Waals surface area contributed by atoms with Gasteiger partial charge in [0.1, 0.15) is 12.1 Å². The molecule has 0 fully saturated rings. The first-order valence-electron chi connectivity index (χ1n) is 7.97. The van der Waals surface area contributed by atoms with Gasteiger partial charge in [0.25, 0.3) is 0 Å². The van der Waals surface area contributed by atoms with Crippen LogP contribution in [0.1, 0.15) is 18.9 Å². The maximum absolute atomic E-state index is 6.13. The molecule has 1 aromatic carbocycles. The van der Waals surface area contributed by atoms with Crippen LogP contribution < -0.4 is 5.32 Å². The summed E-state index contributed by atoms with van der Waals surface area (Å²) in [4.78, 5) is 8.72. The molecule has 7 heteroatoms. The number of hydrogen-bond donors (Lipinski definition) is 1. The van der Waals surface area contributed by atoms with Gasteiger partial charge >= 0.3 is 0 Å². The number of aromatic nitrogens is 4. The Bertz CT molecular complexity index is 833. The monoisotopic (exact) mass is 345 g/mol. The van der Waals surface area contributed by atoms with Crippen molar-refractivity contribution in [3.63, 3.8) is 0 Å². The van der Waals surface area contributed by atoms with E-state index in [2.05, 4.69) is 20.4 Å². The predicted octanol–water partition coefficient (Wildman–Crippen LogP) is 3.62. The fourth-order valence-corrected chi connectivity index (χ4v) is 2.66. The number of nitrogens with zero attached hydrogens (tertiary/aromatic N) is 4. The summed E-state index contributed by atoms with van der Waals surface area (Å²) < 4.78 is 7.14. The zero-order chi connectivity index (χ0) is 16.9. The number of rotatable bonds is 7. The summed E-state index contributed by atoms with van der Waals surface area (Å²) in [6.45, 7) is 6.27. The summed E-state index contributed by atoms with van der Waals surface area (Å²) in [5.41, 5.74) is 2.75. The Balaban J connectivity index is 1.88. The lowest BCUT2D eigenvalue weighted by Crippen LogP contribution is -2.07. The Labute approximate surface area is 145 Å². The maximum Gasteiger partial charge on any atom is 0.168 e. The average molecular weight is 346 g/mol. The topological polar surface area (TPSA) is 64.9 Å². The van der Waals surface area contributed by atoms with E-state index in [1.165, 1.54) is 0 Å². The molecule has 6 nitrogen and oxygen atoms in total. The SMILES string of the molecule is CCOCCCNc1ncnc2c1cnn2-c1cc(Cl)ccc1C. The second-order valence-electron chi connectivity index (χ2n) is 5.42. The van der Waals surface area contributed by atoms with E-state index in [4.69, 9.17) is 16.3 Å². The van der Waals surface area contributed by atoms with E-state index < -0.39 is 0 Å². The van der Waals surface area contributed by atoms with Crippen LogP contribution in [-0.2, 0) is 4.74 Å². The molecule has 3 rings (SSSR count). The number of halogens is 1. The summed E-state index contributed by atoms with van der Waals surface area (Å²) in [6.07, 6.45) is 4.24. The van der Waals surface area contributed by atoms with E-state index in [0.29, 0.717) is 5.02 Å². The number of anilines is 1. The molecule has 0 bridgehead atoms. The van der Waals surface area contributed by atoms with E-state index in [1.807, 2.05) is 32.0 Å². The molecular formula is C17H20ClN5O. The minimum absolute atomic E-state index is 0.669. The molecule has 3 aromatic rings. The fraction of sp³-hybridized carbons (Fsp3) is 0.353. The van der Waals surface area contributed by atoms with Crippen molar-refractivity contribution in [2.75, 3.05) is 25.1 Å². The van der Waals surface area contributed by atoms with Crippen molar-refractivity contribution in [3.05, 3.63) is 41.3 Å². The first kappa shape index (κ1) is 16.7. The Morgan fingerprint density at radius 2 is 2.17 bits per heavy atom. The highest BCUT2D eigenvalue weighted by atomic mass is 35.5. The van der Waals surface area contributed by atoms with E-state index in [-0.39, 0.29) is 0 Å². The van der Waals surface area contributed by atoms with Gasteiger partial charge in [-0.1, -0.05) is 17.7 Å². The van der Waals surface area contributed by atoms with Gasteiger partial charge in [-0.05, 0) is 38.0 Å². The van der Waals surface area contributed by atoms with Gasteiger partial charge in [-0.3, -0.25) is 0 Å². The van der Waals surface area contributed by atoms with E-state index in [0.717, 1.165) is 54.3 Å². The van der Waals surface area contributed by atoms with Crippen molar-refractivity contribution in [1.29, 1.82) is 0 Å². The fourth-order valence-electron chi connectivity index (χ4n) is 2.50. The molecule has 0 unspecified atom stereocenters. The highest BCUT2D eigenvalue weighted by Gasteiger charge is 2.12. The van der Waals surface area contributed by atoms with Crippen LogP contribution >= 0.6 is 11.6 Å². The van der Waals surface area contributed by atoms with Gasteiger partial charge in [0, 0.05) is 24.8 Å². The van der Waals surface area contributed by atoms with Gasteiger partial charge in [0.05, 0.1) is 17.3 Å². The molecule has 1 N–H and O–H groups in total. The third-order valence-electron chi connectivity index (χ3n) is 3.73. The Morgan fingerprint density at radius 3 is 3.00 bits per heavy atom.